The molecule has 0 unspecified atom stereocenters. The second-order valence-corrected chi connectivity index (χ2v) is 3.25. The van der Waals surface area contributed by atoms with Gasteiger partial charge in [0.05, 0.1) is 0 Å². The monoisotopic (exact) mass is 192 g/mol. The van der Waals surface area contributed by atoms with Crippen molar-refractivity contribution in [1.29, 1.82) is 0 Å². The van der Waals surface area contributed by atoms with Crippen LogP contribution in [0.5, 0.6) is 0 Å². The molecule has 0 bridgehead atoms. The zero-order valence-electron chi connectivity index (χ0n) is 8.53. The number of hydrogen-bond acceptors (Lipinski definition) is 2. The average molecular weight is 192 g/mol. The van der Waals surface area contributed by atoms with Gasteiger partial charge in [0.15, 0.2) is 0 Å². The van der Waals surface area contributed by atoms with Crippen molar-refractivity contribution >= 4 is 5.97 Å². The van der Waals surface area contributed by atoms with E-state index in [1.165, 1.54) is 0 Å². The van der Waals surface area contributed by atoms with Crippen LogP contribution < -0.4 is 0 Å². The lowest BCUT2D eigenvalue weighted by atomic mass is 10.2. The first kappa shape index (κ1) is 10.8. The molecule has 0 N–H and O–H groups in total. The maximum Gasteiger partial charge on any atom is 0.306 e. The van der Waals surface area contributed by atoms with Gasteiger partial charge >= 0.3 is 5.97 Å². The molecule has 0 aromatic carbocycles. The SMILES string of the molecule is CCCC(=O)OCC1=CC=CC=CC1. The summed E-state index contributed by atoms with van der Waals surface area (Å²) in [5.74, 6) is -0.106. The Morgan fingerprint density at radius 3 is 3.07 bits per heavy atom. The Labute approximate surface area is 85.0 Å². The predicted octanol–water partition coefficient (Wildman–Crippen LogP) is 2.77. The Balaban J connectivity index is 2.30. The molecule has 0 spiro atoms. The smallest absolute Gasteiger partial charge is 0.306 e. The highest BCUT2D eigenvalue weighted by atomic mass is 16.5. The van der Waals surface area contributed by atoms with Crippen LogP contribution >= 0.6 is 0 Å². The zero-order chi connectivity index (χ0) is 10.2. The molecule has 0 fully saturated rings. The third kappa shape index (κ3) is 4.08. The van der Waals surface area contributed by atoms with Crippen LogP contribution in [0.4, 0.5) is 0 Å². The Bertz CT molecular complexity index is 272. The van der Waals surface area contributed by atoms with E-state index < -0.39 is 0 Å². The van der Waals surface area contributed by atoms with E-state index >= 15 is 0 Å². The summed E-state index contributed by atoms with van der Waals surface area (Å²) in [5.41, 5.74) is 1.14. The molecule has 2 nitrogen and oxygen atoms in total. The molecule has 0 saturated carbocycles. The van der Waals surface area contributed by atoms with Gasteiger partial charge in [0.2, 0.25) is 0 Å². The van der Waals surface area contributed by atoms with Gasteiger partial charge in [-0.3, -0.25) is 4.79 Å². The molecule has 14 heavy (non-hydrogen) atoms. The van der Waals surface area contributed by atoms with Gasteiger partial charge in [-0.05, 0) is 18.4 Å². The van der Waals surface area contributed by atoms with Crippen LogP contribution in [0.15, 0.2) is 36.0 Å². The number of rotatable bonds is 4. The van der Waals surface area contributed by atoms with Crippen LogP contribution in [0.1, 0.15) is 26.2 Å². The van der Waals surface area contributed by atoms with Gasteiger partial charge in [0, 0.05) is 6.42 Å². The molecule has 76 valence electrons. The zero-order valence-corrected chi connectivity index (χ0v) is 8.53. The highest BCUT2D eigenvalue weighted by Gasteiger charge is 2.02. The maximum absolute atomic E-state index is 11.1. The first-order valence-electron chi connectivity index (χ1n) is 4.99. The lowest BCUT2D eigenvalue weighted by molar-refractivity contribution is -0.142. The van der Waals surface area contributed by atoms with Gasteiger partial charge in [-0.15, -0.1) is 0 Å². The summed E-state index contributed by atoms with van der Waals surface area (Å²) in [4.78, 5) is 11.1. The third-order valence-electron chi connectivity index (χ3n) is 1.94. The van der Waals surface area contributed by atoms with Crippen LogP contribution in [0, 0.1) is 0 Å². The summed E-state index contributed by atoms with van der Waals surface area (Å²) in [5, 5.41) is 0. The molecular weight excluding hydrogens is 176 g/mol. The molecule has 1 rings (SSSR count). The molecule has 0 atom stereocenters. The Hall–Kier alpha value is -1.31. The van der Waals surface area contributed by atoms with E-state index in [0.29, 0.717) is 13.0 Å². The first-order valence-corrected chi connectivity index (χ1v) is 4.99. The van der Waals surface area contributed by atoms with E-state index in [2.05, 4.69) is 6.08 Å². The average Bonchev–Trinajstić information content (AvgIpc) is 2.43. The van der Waals surface area contributed by atoms with E-state index in [4.69, 9.17) is 4.74 Å². The standard InChI is InChI=1S/C12H16O2/c1-2-7-12(13)14-10-11-8-5-3-4-6-9-11/h3-6,8H,2,7,9-10H2,1H3. The fourth-order valence-corrected chi connectivity index (χ4v) is 1.18. The second kappa shape index (κ2) is 6.19. The van der Waals surface area contributed by atoms with E-state index in [9.17, 15) is 4.79 Å². The van der Waals surface area contributed by atoms with Crippen molar-refractivity contribution in [3.05, 3.63) is 36.0 Å². The predicted molar refractivity (Wildman–Crippen MR) is 56.8 cm³/mol. The summed E-state index contributed by atoms with van der Waals surface area (Å²) >= 11 is 0. The minimum absolute atomic E-state index is 0.106. The van der Waals surface area contributed by atoms with Gasteiger partial charge in [0.25, 0.3) is 0 Å². The second-order valence-electron chi connectivity index (χ2n) is 3.25. The molecule has 0 aliphatic heterocycles. The summed E-state index contributed by atoms with van der Waals surface area (Å²) in [6.45, 7) is 2.39. The van der Waals surface area contributed by atoms with E-state index in [-0.39, 0.29) is 5.97 Å². The number of carbonyl (C=O) groups is 1. The largest absolute Gasteiger partial charge is 0.461 e. The molecule has 0 amide bonds. The molecule has 1 aliphatic rings. The minimum Gasteiger partial charge on any atom is -0.461 e. The maximum atomic E-state index is 11.1. The van der Waals surface area contributed by atoms with Crippen molar-refractivity contribution in [2.45, 2.75) is 26.2 Å². The molecule has 0 aromatic rings. The molecular formula is C12H16O2. The fraction of sp³-hybridized carbons (Fsp3) is 0.417. The number of hydrogen-bond donors (Lipinski definition) is 0. The quantitative estimate of drug-likeness (QED) is 0.640. The Kier molecular flexibility index (Phi) is 4.76. The van der Waals surface area contributed by atoms with Crippen LogP contribution in [-0.2, 0) is 9.53 Å². The van der Waals surface area contributed by atoms with E-state index in [1.54, 1.807) is 0 Å². The van der Waals surface area contributed by atoms with Crippen molar-refractivity contribution in [3.63, 3.8) is 0 Å². The lowest BCUT2D eigenvalue weighted by Gasteiger charge is -2.05. The minimum atomic E-state index is -0.106. The highest BCUT2D eigenvalue weighted by Crippen LogP contribution is 2.07. The van der Waals surface area contributed by atoms with Gasteiger partial charge in [-0.25, -0.2) is 0 Å². The normalized spacial score (nSPS) is 14.8. The molecule has 0 aromatic heterocycles. The molecule has 0 radical (unpaired) electrons. The number of allylic oxidation sites excluding steroid dienone is 5. The lowest BCUT2D eigenvalue weighted by Crippen LogP contribution is -2.06. The van der Waals surface area contributed by atoms with Crippen molar-refractivity contribution in [2.24, 2.45) is 0 Å². The van der Waals surface area contributed by atoms with Gasteiger partial charge in [0.1, 0.15) is 6.61 Å². The van der Waals surface area contributed by atoms with Crippen molar-refractivity contribution in [3.8, 4) is 0 Å². The van der Waals surface area contributed by atoms with Gasteiger partial charge in [-0.2, -0.15) is 0 Å². The number of carbonyl (C=O) groups excluding carboxylic acids is 1. The van der Waals surface area contributed by atoms with Crippen molar-refractivity contribution in [1.82, 2.24) is 0 Å². The van der Waals surface area contributed by atoms with Crippen molar-refractivity contribution < 1.29 is 9.53 Å². The fourth-order valence-electron chi connectivity index (χ4n) is 1.18. The summed E-state index contributed by atoms with van der Waals surface area (Å²) in [7, 11) is 0. The Morgan fingerprint density at radius 1 is 1.43 bits per heavy atom. The van der Waals surface area contributed by atoms with Crippen LogP contribution in [0.25, 0.3) is 0 Å². The van der Waals surface area contributed by atoms with Crippen molar-refractivity contribution in [2.75, 3.05) is 6.61 Å². The van der Waals surface area contributed by atoms with Gasteiger partial charge in [-0.1, -0.05) is 37.3 Å². The van der Waals surface area contributed by atoms with Crippen LogP contribution in [-0.4, -0.2) is 12.6 Å². The molecule has 0 heterocycles. The first-order chi connectivity index (χ1) is 6.83. The molecule has 0 saturated heterocycles. The Morgan fingerprint density at radius 2 is 2.29 bits per heavy atom. The van der Waals surface area contributed by atoms with E-state index in [1.807, 2.05) is 31.2 Å². The molecule has 1 aliphatic carbocycles. The summed E-state index contributed by atoms with van der Waals surface area (Å²) < 4.78 is 5.10. The van der Waals surface area contributed by atoms with Crippen LogP contribution in [0.3, 0.4) is 0 Å². The summed E-state index contributed by atoms with van der Waals surface area (Å²) in [6, 6.07) is 0. The number of ether oxygens (including phenoxy) is 1. The van der Waals surface area contributed by atoms with E-state index in [0.717, 1.165) is 18.4 Å². The topological polar surface area (TPSA) is 26.3 Å². The van der Waals surface area contributed by atoms with Crippen LogP contribution in [0.2, 0.25) is 0 Å². The number of esters is 1. The highest BCUT2D eigenvalue weighted by molar-refractivity contribution is 5.69. The molecule has 2 heteroatoms. The van der Waals surface area contributed by atoms with Gasteiger partial charge < -0.3 is 4.74 Å². The third-order valence-corrected chi connectivity index (χ3v) is 1.94. The summed E-state index contributed by atoms with van der Waals surface area (Å²) in [6.07, 6.45) is 12.2.